The molecule has 1 aromatic carbocycles. The van der Waals surface area contributed by atoms with Crippen molar-refractivity contribution >= 4 is 46.5 Å². The first kappa shape index (κ1) is 31.3. The molecular formula is C26H31N7O9. The molecule has 10 N–H and O–H groups in total. The molecule has 0 aliphatic carbocycles. The SMILES string of the molecule is NC(Cc1c[nH]c2ccccc12)C(=O)NC(Cc1cnc[nH]1)C(=O)NC(CCC(=O)O)C(=O)NC(CC(=O)O)C(=O)O. The van der Waals surface area contributed by atoms with Crippen molar-refractivity contribution in [3.63, 3.8) is 0 Å². The molecule has 0 spiro atoms. The number of aromatic amines is 2. The summed E-state index contributed by atoms with van der Waals surface area (Å²) < 4.78 is 0. The molecule has 42 heavy (non-hydrogen) atoms. The minimum Gasteiger partial charge on any atom is -0.481 e. The second-order valence-electron chi connectivity index (χ2n) is 9.50. The largest absolute Gasteiger partial charge is 0.481 e. The zero-order valence-electron chi connectivity index (χ0n) is 22.2. The van der Waals surface area contributed by atoms with Gasteiger partial charge < -0.3 is 47.0 Å². The summed E-state index contributed by atoms with van der Waals surface area (Å²) in [6, 6.07) is 1.66. The lowest BCUT2D eigenvalue weighted by molar-refractivity contribution is -0.147. The number of para-hydroxylation sites is 1. The highest BCUT2D eigenvalue weighted by Gasteiger charge is 2.32. The Hall–Kier alpha value is -5.25. The Labute approximate surface area is 238 Å². The number of nitrogens with one attached hydrogen (secondary N) is 5. The van der Waals surface area contributed by atoms with Crippen molar-refractivity contribution in [3.8, 4) is 0 Å². The quantitative estimate of drug-likeness (QED) is 0.0971. The van der Waals surface area contributed by atoms with E-state index in [1.54, 1.807) is 6.20 Å². The monoisotopic (exact) mass is 585 g/mol. The van der Waals surface area contributed by atoms with Gasteiger partial charge in [-0.25, -0.2) is 9.78 Å². The number of hydrogen-bond acceptors (Lipinski definition) is 8. The zero-order chi connectivity index (χ0) is 30.8. The molecule has 4 unspecified atom stereocenters. The van der Waals surface area contributed by atoms with Crippen LogP contribution in [0.3, 0.4) is 0 Å². The number of carboxylic acids is 3. The van der Waals surface area contributed by atoms with Crippen molar-refractivity contribution in [2.45, 2.75) is 56.3 Å². The molecule has 224 valence electrons. The van der Waals surface area contributed by atoms with E-state index in [1.165, 1.54) is 12.5 Å². The Morgan fingerprint density at radius 2 is 1.50 bits per heavy atom. The van der Waals surface area contributed by atoms with Crippen LogP contribution in [0.4, 0.5) is 0 Å². The number of carbonyl (C=O) groups is 6. The van der Waals surface area contributed by atoms with E-state index in [-0.39, 0.29) is 12.8 Å². The summed E-state index contributed by atoms with van der Waals surface area (Å²) in [6.45, 7) is 0. The third-order valence-corrected chi connectivity index (χ3v) is 6.34. The number of benzene rings is 1. The number of imidazole rings is 1. The van der Waals surface area contributed by atoms with Gasteiger partial charge in [0.15, 0.2) is 0 Å². The van der Waals surface area contributed by atoms with Crippen molar-refractivity contribution in [2.75, 3.05) is 0 Å². The first-order chi connectivity index (χ1) is 19.9. The van der Waals surface area contributed by atoms with Gasteiger partial charge in [-0.2, -0.15) is 0 Å². The van der Waals surface area contributed by atoms with Crippen molar-refractivity contribution in [3.05, 3.63) is 54.2 Å². The molecule has 4 atom stereocenters. The van der Waals surface area contributed by atoms with Gasteiger partial charge in [0, 0.05) is 41.8 Å². The van der Waals surface area contributed by atoms with E-state index in [4.69, 9.17) is 15.9 Å². The molecule has 0 bridgehead atoms. The van der Waals surface area contributed by atoms with Gasteiger partial charge in [-0.3, -0.25) is 24.0 Å². The van der Waals surface area contributed by atoms with Crippen LogP contribution in [0.2, 0.25) is 0 Å². The van der Waals surface area contributed by atoms with Crippen LogP contribution in [0.1, 0.15) is 30.5 Å². The molecule has 0 aliphatic heterocycles. The molecule has 3 aromatic rings. The summed E-state index contributed by atoms with van der Waals surface area (Å²) in [5, 5.41) is 35.1. The number of aromatic nitrogens is 3. The van der Waals surface area contributed by atoms with Crippen molar-refractivity contribution in [2.24, 2.45) is 5.73 Å². The van der Waals surface area contributed by atoms with Gasteiger partial charge in [0.2, 0.25) is 17.7 Å². The maximum Gasteiger partial charge on any atom is 0.326 e. The molecule has 0 radical (unpaired) electrons. The summed E-state index contributed by atoms with van der Waals surface area (Å²) in [6.07, 6.45) is 2.54. The lowest BCUT2D eigenvalue weighted by Crippen LogP contribution is -2.58. The summed E-state index contributed by atoms with van der Waals surface area (Å²) in [5.74, 6) is -7.12. The Morgan fingerprint density at radius 1 is 0.833 bits per heavy atom. The second-order valence-corrected chi connectivity index (χ2v) is 9.50. The molecule has 3 amide bonds. The number of aliphatic carboxylic acids is 3. The normalized spacial score (nSPS) is 13.8. The Bertz CT molecular complexity index is 1440. The molecule has 0 saturated carbocycles. The van der Waals surface area contributed by atoms with Crippen LogP contribution >= 0.6 is 0 Å². The third kappa shape index (κ3) is 8.88. The van der Waals surface area contributed by atoms with Gasteiger partial charge >= 0.3 is 17.9 Å². The van der Waals surface area contributed by atoms with Crippen LogP contribution in [0.25, 0.3) is 10.9 Å². The standard InChI is InChI=1S/C26H31N7O9/c27-16(7-13-10-29-17-4-2-1-3-15(13)17)23(38)32-19(8-14-11-28-12-30-14)25(40)31-18(5-6-21(34)35)24(39)33-20(26(41)42)9-22(36)37/h1-4,10-12,16,18-20,29H,5-9,27H2,(H,28,30)(H,31,40)(H,32,38)(H,33,39)(H,34,35)(H,36,37)(H,41,42). The lowest BCUT2D eigenvalue weighted by Gasteiger charge is -2.24. The Balaban J connectivity index is 1.76. The number of nitrogens with zero attached hydrogens (tertiary/aromatic N) is 1. The van der Waals surface area contributed by atoms with Gasteiger partial charge in [-0.15, -0.1) is 0 Å². The van der Waals surface area contributed by atoms with E-state index in [0.29, 0.717) is 5.69 Å². The van der Waals surface area contributed by atoms with E-state index in [1.807, 2.05) is 29.6 Å². The predicted molar refractivity (Wildman–Crippen MR) is 145 cm³/mol. The first-order valence-electron chi connectivity index (χ1n) is 12.8. The average Bonchev–Trinajstić information content (AvgIpc) is 3.59. The second kappa shape index (κ2) is 14.4. The molecule has 0 aliphatic rings. The van der Waals surface area contributed by atoms with Crippen LogP contribution < -0.4 is 21.7 Å². The number of H-pyrrole nitrogens is 2. The van der Waals surface area contributed by atoms with E-state index >= 15 is 0 Å². The number of fused-ring (bicyclic) bond motifs is 1. The molecule has 3 rings (SSSR count). The molecule has 16 nitrogen and oxygen atoms in total. The summed E-state index contributed by atoms with van der Waals surface area (Å²) in [7, 11) is 0. The third-order valence-electron chi connectivity index (χ3n) is 6.34. The number of hydrogen-bond donors (Lipinski definition) is 9. The Morgan fingerprint density at radius 3 is 2.14 bits per heavy atom. The van der Waals surface area contributed by atoms with E-state index in [2.05, 4.69) is 25.6 Å². The topological polar surface area (TPSA) is 270 Å². The molecule has 0 saturated heterocycles. The summed E-state index contributed by atoms with van der Waals surface area (Å²) in [5.41, 5.74) is 8.25. The lowest BCUT2D eigenvalue weighted by atomic mass is 10.0. The fourth-order valence-electron chi connectivity index (χ4n) is 4.19. The highest BCUT2D eigenvalue weighted by molar-refractivity contribution is 5.95. The van der Waals surface area contributed by atoms with Crippen molar-refractivity contribution in [1.29, 1.82) is 0 Å². The smallest absolute Gasteiger partial charge is 0.326 e. The first-order valence-corrected chi connectivity index (χ1v) is 12.8. The molecule has 16 heteroatoms. The maximum atomic E-state index is 13.3. The van der Waals surface area contributed by atoms with Gasteiger partial charge in [0.1, 0.15) is 18.1 Å². The van der Waals surface area contributed by atoms with E-state index in [0.717, 1.165) is 16.5 Å². The minimum absolute atomic E-state index is 0.110. The number of nitrogens with two attached hydrogens (primary N) is 1. The van der Waals surface area contributed by atoms with Gasteiger partial charge in [-0.1, -0.05) is 18.2 Å². The fraction of sp³-hybridized carbons (Fsp3) is 0.346. The van der Waals surface area contributed by atoms with Gasteiger partial charge in [-0.05, 0) is 24.5 Å². The van der Waals surface area contributed by atoms with Crippen LogP contribution in [0.15, 0.2) is 43.0 Å². The van der Waals surface area contributed by atoms with Gasteiger partial charge in [0.25, 0.3) is 0 Å². The van der Waals surface area contributed by atoms with Crippen LogP contribution in [0.5, 0.6) is 0 Å². The fourth-order valence-corrected chi connectivity index (χ4v) is 4.19. The number of carboxylic acid groups (broad SMARTS) is 3. The molecule has 0 fully saturated rings. The van der Waals surface area contributed by atoms with Crippen molar-refractivity contribution in [1.82, 2.24) is 30.9 Å². The molecular weight excluding hydrogens is 554 g/mol. The summed E-state index contributed by atoms with van der Waals surface area (Å²) in [4.78, 5) is 82.6. The van der Waals surface area contributed by atoms with Crippen LogP contribution in [-0.2, 0) is 41.6 Å². The number of carbonyl (C=O) groups excluding carboxylic acids is 3. The Kier molecular flexibility index (Phi) is 10.7. The minimum atomic E-state index is -1.83. The summed E-state index contributed by atoms with van der Waals surface area (Å²) >= 11 is 0. The van der Waals surface area contributed by atoms with E-state index in [9.17, 15) is 33.9 Å². The maximum absolute atomic E-state index is 13.3. The highest BCUT2D eigenvalue weighted by atomic mass is 16.4. The van der Waals surface area contributed by atoms with Crippen LogP contribution in [0, 0.1) is 0 Å². The molecule has 2 heterocycles. The molecule has 2 aromatic heterocycles. The number of amides is 3. The van der Waals surface area contributed by atoms with Gasteiger partial charge in [0.05, 0.1) is 18.8 Å². The number of rotatable bonds is 16. The van der Waals surface area contributed by atoms with E-state index < -0.39 is 79.1 Å². The highest BCUT2D eigenvalue weighted by Crippen LogP contribution is 2.19. The van der Waals surface area contributed by atoms with Crippen LogP contribution in [-0.4, -0.2) is 90.1 Å². The van der Waals surface area contributed by atoms with Crippen molar-refractivity contribution < 1.29 is 44.1 Å². The average molecular weight is 586 g/mol. The zero-order valence-corrected chi connectivity index (χ0v) is 22.2. The predicted octanol–water partition coefficient (Wildman–Crippen LogP) is -1.12.